The Bertz CT molecular complexity index is 992. The lowest BCUT2D eigenvalue weighted by Gasteiger charge is -2.35. The van der Waals surface area contributed by atoms with Crippen molar-refractivity contribution in [1.29, 1.82) is 0 Å². The Morgan fingerprint density at radius 3 is 2.93 bits per heavy atom. The van der Waals surface area contributed by atoms with E-state index in [1.54, 1.807) is 27.9 Å². The molecule has 0 aromatic carbocycles. The van der Waals surface area contributed by atoms with Crippen LogP contribution in [0.3, 0.4) is 0 Å². The first-order valence-electron chi connectivity index (χ1n) is 8.59. The van der Waals surface area contributed by atoms with Crippen molar-refractivity contribution < 1.29 is 13.2 Å². The zero-order valence-corrected chi connectivity index (χ0v) is 16.2. The minimum absolute atomic E-state index is 0.0993. The molecule has 2 aromatic rings. The molecule has 2 amide bonds. The maximum Gasteiger partial charge on any atom is 0.322 e. The molecule has 1 atom stereocenters. The Morgan fingerprint density at radius 1 is 1.41 bits per heavy atom. The van der Waals surface area contributed by atoms with Gasteiger partial charge in [0.25, 0.3) is 0 Å². The number of urea groups is 1. The third kappa shape index (κ3) is 3.34. The fourth-order valence-corrected chi connectivity index (χ4v) is 5.20. The van der Waals surface area contributed by atoms with Crippen molar-refractivity contribution in [3.63, 3.8) is 0 Å². The van der Waals surface area contributed by atoms with Gasteiger partial charge in [0.1, 0.15) is 5.15 Å². The molecular formula is C16H19ClN6O3S. The van der Waals surface area contributed by atoms with Gasteiger partial charge in [-0.1, -0.05) is 11.6 Å². The number of halogens is 1. The van der Waals surface area contributed by atoms with E-state index in [0.717, 1.165) is 5.69 Å². The number of nitrogens with one attached hydrogen (secondary N) is 1. The Labute approximate surface area is 162 Å². The van der Waals surface area contributed by atoms with Crippen LogP contribution in [0.15, 0.2) is 24.5 Å². The van der Waals surface area contributed by atoms with Crippen LogP contribution in [0.25, 0.3) is 0 Å². The van der Waals surface area contributed by atoms with E-state index in [9.17, 15) is 13.2 Å². The van der Waals surface area contributed by atoms with E-state index >= 15 is 0 Å². The van der Waals surface area contributed by atoms with Crippen LogP contribution < -0.4 is 9.62 Å². The second kappa shape index (κ2) is 6.68. The number of anilines is 2. The molecule has 4 rings (SSSR count). The fraction of sp³-hybridized carbons (Fsp3) is 0.438. The molecule has 0 radical (unpaired) electrons. The summed E-state index contributed by atoms with van der Waals surface area (Å²) in [5.74, 6) is 0.140. The summed E-state index contributed by atoms with van der Waals surface area (Å²) in [6.07, 6.45) is 3.69. The molecule has 0 aliphatic carbocycles. The summed E-state index contributed by atoms with van der Waals surface area (Å²) in [7, 11) is -3.31. The molecule has 1 N–H and O–H groups in total. The SMILES string of the molecule is C[C@H]1Cn2ncc(N3CCCS3(=O)=O)c2CN1C(=O)Nc1ccnc(Cl)c1. The van der Waals surface area contributed by atoms with Crippen molar-refractivity contribution >= 4 is 39.0 Å². The lowest BCUT2D eigenvalue weighted by atomic mass is 10.2. The molecule has 0 spiro atoms. The lowest BCUT2D eigenvalue weighted by molar-refractivity contribution is 0.162. The fourth-order valence-electron chi connectivity index (χ4n) is 3.45. The molecule has 1 saturated heterocycles. The molecule has 0 unspecified atom stereocenters. The van der Waals surface area contributed by atoms with Gasteiger partial charge < -0.3 is 10.2 Å². The number of rotatable bonds is 2. The summed E-state index contributed by atoms with van der Waals surface area (Å²) >= 11 is 5.87. The molecule has 4 heterocycles. The van der Waals surface area contributed by atoms with Crippen molar-refractivity contribution in [3.05, 3.63) is 35.4 Å². The first-order valence-corrected chi connectivity index (χ1v) is 10.6. The normalized spacial score (nSPS) is 21.2. The van der Waals surface area contributed by atoms with Gasteiger partial charge in [0.05, 0.1) is 42.5 Å². The minimum Gasteiger partial charge on any atom is -0.314 e. The summed E-state index contributed by atoms with van der Waals surface area (Å²) in [6, 6.07) is 2.84. The number of fused-ring (bicyclic) bond motifs is 1. The summed E-state index contributed by atoms with van der Waals surface area (Å²) in [6.45, 7) is 3.13. The van der Waals surface area contributed by atoms with Gasteiger partial charge in [-0.3, -0.25) is 8.99 Å². The topological polar surface area (TPSA) is 100 Å². The first kappa shape index (κ1) is 18.1. The number of aromatic nitrogens is 3. The van der Waals surface area contributed by atoms with Crippen LogP contribution in [-0.4, -0.2) is 52.5 Å². The summed E-state index contributed by atoms with van der Waals surface area (Å²) < 4.78 is 27.7. The third-order valence-electron chi connectivity index (χ3n) is 4.82. The predicted octanol–water partition coefficient (Wildman–Crippen LogP) is 1.91. The highest BCUT2D eigenvalue weighted by molar-refractivity contribution is 7.93. The van der Waals surface area contributed by atoms with Gasteiger partial charge in [0.2, 0.25) is 10.0 Å². The van der Waals surface area contributed by atoms with Crippen LogP contribution >= 0.6 is 11.6 Å². The largest absolute Gasteiger partial charge is 0.322 e. The molecule has 27 heavy (non-hydrogen) atoms. The van der Waals surface area contributed by atoms with Crippen molar-refractivity contribution in [1.82, 2.24) is 19.7 Å². The smallest absolute Gasteiger partial charge is 0.314 e. The highest BCUT2D eigenvalue weighted by Crippen LogP contribution is 2.31. The average Bonchev–Trinajstić information content (AvgIpc) is 3.15. The van der Waals surface area contributed by atoms with Gasteiger partial charge in [0.15, 0.2) is 0 Å². The van der Waals surface area contributed by atoms with Gasteiger partial charge in [0, 0.05) is 18.4 Å². The second-order valence-electron chi connectivity index (χ2n) is 6.67. The van der Waals surface area contributed by atoms with Crippen LogP contribution in [0.2, 0.25) is 5.15 Å². The van der Waals surface area contributed by atoms with Gasteiger partial charge >= 0.3 is 6.03 Å². The highest BCUT2D eigenvalue weighted by Gasteiger charge is 2.35. The quantitative estimate of drug-likeness (QED) is 0.762. The van der Waals surface area contributed by atoms with E-state index in [4.69, 9.17) is 11.6 Å². The van der Waals surface area contributed by atoms with Crippen LogP contribution in [-0.2, 0) is 23.1 Å². The Balaban J connectivity index is 1.58. The molecule has 0 saturated carbocycles. The molecule has 11 heteroatoms. The maximum atomic E-state index is 12.8. The van der Waals surface area contributed by atoms with Crippen molar-refractivity contribution in [3.8, 4) is 0 Å². The summed E-state index contributed by atoms with van der Waals surface area (Å²) in [4.78, 5) is 18.3. The van der Waals surface area contributed by atoms with E-state index in [1.807, 2.05) is 6.92 Å². The minimum atomic E-state index is -3.31. The molecule has 2 aromatic heterocycles. The molecule has 0 bridgehead atoms. The van der Waals surface area contributed by atoms with Gasteiger partial charge in [-0.05, 0) is 25.5 Å². The number of amides is 2. The number of hydrogen-bond donors (Lipinski definition) is 1. The van der Waals surface area contributed by atoms with Gasteiger partial charge in [-0.2, -0.15) is 5.10 Å². The van der Waals surface area contributed by atoms with Crippen molar-refractivity contribution in [2.75, 3.05) is 21.9 Å². The van der Waals surface area contributed by atoms with Gasteiger partial charge in [-0.15, -0.1) is 0 Å². The zero-order chi connectivity index (χ0) is 19.2. The molecule has 9 nitrogen and oxygen atoms in total. The number of pyridine rings is 1. The number of sulfonamides is 1. The van der Waals surface area contributed by atoms with E-state index in [-0.39, 0.29) is 24.4 Å². The Morgan fingerprint density at radius 2 is 2.22 bits per heavy atom. The van der Waals surface area contributed by atoms with Crippen LogP contribution in [0.1, 0.15) is 19.0 Å². The monoisotopic (exact) mass is 410 g/mol. The standard InChI is InChI=1S/C16H19ClN6O3S/c1-11-9-22-14(13(8-19-22)23-5-2-6-27(23,25)26)10-21(11)16(24)20-12-3-4-18-15(17)7-12/h3-4,7-8,11H,2,5-6,9-10H2,1H3,(H,18,20,24)/t11-/m0/s1. The second-order valence-corrected chi connectivity index (χ2v) is 9.07. The number of carbonyl (C=O) groups excluding carboxylic acids is 1. The maximum absolute atomic E-state index is 12.8. The summed E-state index contributed by atoms with van der Waals surface area (Å²) in [5.41, 5.74) is 1.83. The highest BCUT2D eigenvalue weighted by atomic mass is 35.5. The third-order valence-corrected chi connectivity index (χ3v) is 6.88. The molecule has 2 aliphatic heterocycles. The van der Waals surface area contributed by atoms with E-state index < -0.39 is 10.0 Å². The molecule has 1 fully saturated rings. The molecule has 2 aliphatic rings. The van der Waals surface area contributed by atoms with E-state index in [1.165, 1.54) is 10.5 Å². The Hall–Kier alpha value is -2.33. The number of nitrogens with zero attached hydrogens (tertiary/aromatic N) is 5. The van der Waals surface area contributed by atoms with Crippen LogP contribution in [0, 0.1) is 0 Å². The van der Waals surface area contributed by atoms with Crippen molar-refractivity contribution in [2.45, 2.75) is 32.5 Å². The zero-order valence-electron chi connectivity index (χ0n) is 14.7. The number of carbonyl (C=O) groups is 1. The van der Waals surface area contributed by atoms with Crippen LogP contribution in [0.4, 0.5) is 16.2 Å². The molecular weight excluding hydrogens is 392 g/mol. The average molecular weight is 411 g/mol. The van der Waals surface area contributed by atoms with Crippen molar-refractivity contribution in [2.24, 2.45) is 0 Å². The first-order chi connectivity index (χ1) is 12.8. The van der Waals surface area contributed by atoms with Gasteiger partial charge in [-0.25, -0.2) is 18.2 Å². The van der Waals surface area contributed by atoms with Crippen LogP contribution in [0.5, 0.6) is 0 Å². The lowest BCUT2D eigenvalue weighted by Crippen LogP contribution is -2.47. The Kier molecular flexibility index (Phi) is 4.47. The molecule has 144 valence electrons. The number of hydrogen-bond acceptors (Lipinski definition) is 5. The predicted molar refractivity (Wildman–Crippen MR) is 101 cm³/mol. The van der Waals surface area contributed by atoms with E-state index in [2.05, 4.69) is 15.4 Å². The van der Waals surface area contributed by atoms with E-state index in [0.29, 0.717) is 36.0 Å². The summed E-state index contributed by atoms with van der Waals surface area (Å²) in [5, 5.41) is 7.44.